The Morgan fingerprint density at radius 1 is 1.13 bits per heavy atom. The van der Waals surface area contributed by atoms with Crippen molar-refractivity contribution < 1.29 is 9.90 Å². The molecule has 3 atom stereocenters. The number of anilines is 2. The number of nitriles is 2. The number of nitrogens with zero attached hydrogens (tertiary/aromatic N) is 7. The molecule has 2 bridgehead atoms. The summed E-state index contributed by atoms with van der Waals surface area (Å²) in [4.78, 5) is 24.1. The van der Waals surface area contributed by atoms with Gasteiger partial charge in [0.2, 0.25) is 5.95 Å². The lowest BCUT2D eigenvalue weighted by atomic mass is 9.67. The Labute approximate surface area is 220 Å². The molecule has 2 saturated heterocycles. The van der Waals surface area contributed by atoms with Crippen LogP contribution < -0.4 is 5.32 Å². The van der Waals surface area contributed by atoms with Gasteiger partial charge in [0.25, 0.3) is 5.91 Å². The normalized spacial score (nSPS) is 27.7. The smallest absolute Gasteiger partial charge is 0.254 e. The number of nitrogens with one attached hydrogen (secondary N) is 1. The second-order valence-corrected chi connectivity index (χ2v) is 10.7. The predicted molar refractivity (Wildman–Crippen MR) is 138 cm³/mol. The molecule has 3 fully saturated rings. The van der Waals surface area contributed by atoms with Crippen LogP contribution in [0.5, 0.6) is 0 Å². The topological polar surface area (TPSA) is 144 Å². The minimum Gasteiger partial charge on any atom is -0.393 e. The van der Waals surface area contributed by atoms with Crippen LogP contribution in [0.2, 0.25) is 0 Å². The van der Waals surface area contributed by atoms with Crippen LogP contribution in [0.1, 0.15) is 55.3 Å². The molecule has 2 aromatic heterocycles. The zero-order valence-electron chi connectivity index (χ0n) is 20.9. The number of fused-ring (bicyclic) bond motifs is 2. The van der Waals surface area contributed by atoms with E-state index in [4.69, 9.17) is 0 Å². The van der Waals surface area contributed by atoms with Crippen LogP contribution in [0, 0.1) is 28.6 Å². The highest BCUT2D eigenvalue weighted by molar-refractivity contribution is 5.95. The number of piperidine rings is 1. The highest BCUT2D eigenvalue weighted by Gasteiger charge is 2.47. The lowest BCUT2D eigenvalue weighted by Gasteiger charge is -2.43. The maximum absolute atomic E-state index is 13.2. The van der Waals surface area contributed by atoms with Crippen LogP contribution in [0.4, 0.5) is 11.6 Å². The van der Waals surface area contributed by atoms with E-state index in [1.165, 1.54) is 0 Å². The Balaban J connectivity index is 1.14. The van der Waals surface area contributed by atoms with Crippen molar-refractivity contribution in [2.24, 2.45) is 5.92 Å². The number of carbonyl (C=O) groups is 1. The van der Waals surface area contributed by atoms with E-state index in [9.17, 15) is 20.4 Å². The van der Waals surface area contributed by atoms with Gasteiger partial charge in [-0.25, -0.2) is 9.97 Å². The van der Waals surface area contributed by atoms with E-state index in [0.29, 0.717) is 49.3 Å². The maximum atomic E-state index is 13.2. The van der Waals surface area contributed by atoms with E-state index in [2.05, 4.69) is 32.5 Å². The third kappa shape index (κ3) is 4.27. The average Bonchev–Trinajstić information content (AvgIpc) is 3.50. The summed E-state index contributed by atoms with van der Waals surface area (Å²) in [6.45, 7) is 0. The molecule has 10 nitrogen and oxygen atoms in total. The Morgan fingerprint density at radius 2 is 1.87 bits per heavy atom. The minimum absolute atomic E-state index is 0.0212. The third-order valence-electron chi connectivity index (χ3n) is 8.19. The van der Waals surface area contributed by atoms with Crippen molar-refractivity contribution in [3.05, 3.63) is 54.5 Å². The van der Waals surface area contributed by atoms with Crippen molar-refractivity contribution in [3.8, 4) is 23.4 Å². The molecule has 4 heterocycles. The number of aliphatic hydroxyl groups is 1. The SMILES string of the molecule is N#CCC1(n2cc(-c3ccnc(Nc4ccc(C(=O)N5[C@@H]6CC[C@H]5C[C@@H](O)C6)cc4)n3)cn2)CC(C#N)C1. The first-order valence-electron chi connectivity index (χ1n) is 13.0. The Hall–Kier alpha value is -4.28. The fraction of sp³-hybridized carbons (Fsp3) is 0.429. The number of hydrogen-bond acceptors (Lipinski definition) is 8. The molecule has 2 N–H and O–H groups in total. The van der Waals surface area contributed by atoms with E-state index in [1.54, 1.807) is 23.1 Å². The number of rotatable bonds is 6. The summed E-state index contributed by atoms with van der Waals surface area (Å²) in [6, 6.07) is 13.9. The zero-order valence-corrected chi connectivity index (χ0v) is 20.9. The van der Waals surface area contributed by atoms with Crippen molar-refractivity contribution in [2.45, 2.75) is 68.7 Å². The minimum atomic E-state index is -0.436. The summed E-state index contributed by atoms with van der Waals surface area (Å²) < 4.78 is 1.81. The highest BCUT2D eigenvalue weighted by Crippen LogP contribution is 2.46. The molecule has 0 spiro atoms. The largest absolute Gasteiger partial charge is 0.393 e. The average molecular weight is 509 g/mol. The van der Waals surface area contributed by atoms with Crippen LogP contribution in [0.25, 0.3) is 11.3 Å². The van der Waals surface area contributed by atoms with Gasteiger partial charge < -0.3 is 15.3 Å². The summed E-state index contributed by atoms with van der Waals surface area (Å²) in [5.74, 6) is 0.390. The van der Waals surface area contributed by atoms with E-state index in [1.807, 2.05) is 35.4 Å². The monoisotopic (exact) mass is 508 g/mol. The molecule has 1 aliphatic carbocycles. The Morgan fingerprint density at radius 3 is 2.55 bits per heavy atom. The van der Waals surface area contributed by atoms with Crippen molar-refractivity contribution in [3.63, 3.8) is 0 Å². The lowest BCUT2D eigenvalue weighted by Crippen LogP contribution is -2.47. The molecule has 192 valence electrons. The van der Waals surface area contributed by atoms with E-state index >= 15 is 0 Å². The molecule has 38 heavy (non-hydrogen) atoms. The number of hydrogen-bond donors (Lipinski definition) is 2. The molecular weight excluding hydrogens is 480 g/mol. The molecule has 0 unspecified atom stereocenters. The van der Waals surface area contributed by atoms with Crippen LogP contribution in [-0.4, -0.2) is 53.8 Å². The molecule has 1 saturated carbocycles. The van der Waals surface area contributed by atoms with Gasteiger partial charge in [-0.3, -0.25) is 9.48 Å². The van der Waals surface area contributed by atoms with Gasteiger partial charge in [0.15, 0.2) is 0 Å². The molecule has 2 aliphatic heterocycles. The molecular formula is C28H28N8O2. The van der Waals surface area contributed by atoms with Crippen molar-refractivity contribution in [1.82, 2.24) is 24.6 Å². The van der Waals surface area contributed by atoms with Gasteiger partial charge >= 0.3 is 0 Å². The lowest BCUT2D eigenvalue weighted by molar-refractivity contribution is 0.0287. The summed E-state index contributed by atoms with van der Waals surface area (Å²) in [5, 5.41) is 36.2. The first kappa shape index (κ1) is 24.1. The predicted octanol–water partition coefficient (Wildman–Crippen LogP) is 3.75. The van der Waals surface area contributed by atoms with Crippen LogP contribution >= 0.6 is 0 Å². The van der Waals surface area contributed by atoms with Crippen molar-refractivity contribution in [2.75, 3.05) is 5.32 Å². The van der Waals surface area contributed by atoms with Crippen molar-refractivity contribution in [1.29, 1.82) is 10.5 Å². The summed E-state index contributed by atoms with van der Waals surface area (Å²) in [6.07, 6.45) is 9.75. The van der Waals surface area contributed by atoms with Gasteiger partial charge in [0.05, 0.1) is 48.0 Å². The second kappa shape index (κ2) is 9.55. The summed E-state index contributed by atoms with van der Waals surface area (Å²) >= 11 is 0. The van der Waals surface area contributed by atoms with Gasteiger partial charge in [-0.15, -0.1) is 0 Å². The fourth-order valence-electron chi connectivity index (χ4n) is 6.26. The number of aromatic nitrogens is 4. The highest BCUT2D eigenvalue weighted by atomic mass is 16.3. The zero-order chi connectivity index (χ0) is 26.3. The summed E-state index contributed by atoms with van der Waals surface area (Å²) in [5.41, 5.74) is 2.44. The third-order valence-corrected chi connectivity index (χ3v) is 8.19. The molecule has 1 aromatic carbocycles. The van der Waals surface area contributed by atoms with Crippen LogP contribution in [0.15, 0.2) is 48.9 Å². The van der Waals surface area contributed by atoms with Crippen LogP contribution in [-0.2, 0) is 5.54 Å². The van der Waals surface area contributed by atoms with E-state index < -0.39 is 5.54 Å². The van der Waals surface area contributed by atoms with Gasteiger partial charge in [-0.1, -0.05) is 0 Å². The van der Waals surface area contributed by atoms with Gasteiger partial charge in [-0.2, -0.15) is 15.6 Å². The first-order chi connectivity index (χ1) is 18.5. The standard InChI is InChI=1S/C28H28N8O2/c29-9-8-28(13-18(14-28)15-30)35-17-20(16-32-35)25-7-10-31-27(34-25)33-21-3-1-19(2-4-21)26(38)36-22-5-6-23(36)12-24(37)11-22/h1-4,7,10,16-18,22-24,37H,5-6,8,11-14H2,(H,31,33,34)/t18?,22-,23+,24+,28?. The number of amides is 1. The van der Waals surface area contributed by atoms with Gasteiger partial charge in [0, 0.05) is 41.3 Å². The number of benzene rings is 1. The Kier molecular flexibility index (Phi) is 6.05. The molecule has 6 rings (SSSR count). The summed E-state index contributed by atoms with van der Waals surface area (Å²) in [7, 11) is 0. The fourth-order valence-corrected chi connectivity index (χ4v) is 6.26. The molecule has 1 amide bonds. The number of carbonyl (C=O) groups excluding carboxylic acids is 1. The first-order valence-corrected chi connectivity index (χ1v) is 13.0. The van der Waals surface area contributed by atoms with E-state index in [0.717, 1.165) is 24.1 Å². The van der Waals surface area contributed by atoms with E-state index in [-0.39, 0.29) is 30.0 Å². The van der Waals surface area contributed by atoms with Crippen LogP contribution in [0.3, 0.4) is 0 Å². The van der Waals surface area contributed by atoms with Gasteiger partial charge in [-0.05, 0) is 68.9 Å². The molecule has 3 aliphatic rings. The maximum Gasteiger partial charge on any atom is 0.254 e. The van der Waals surface area contributed by atoms with Crippen molar-refractivity contribution >= 4 is 17.5 Å². The quantitative estimate of drug-likeness (QED) is 0.512. The second-order valence-electron chi connectivity index (χ2n) is 10.7. The van der Waals surface area contributed by atoms with Gasteiger partial charge in [0.1, 0.15) is 0 Å². The Bertz CT molecular complexity index is 1420. The molecule has 0 radical (unpaired) electrons. The molecule has 10 heteroatoms. The number of aliphatic hydroxyl groups excluding tert-OH is 1. The molecule has 3 aromatic rings.